The third-order valence-electron chi connectivity index (χ3n) is 6.07. The molecule has 0 radical (unpaired) electrons. The van der Waals surface area contributed by atoms with Gasteiger partial charge in [-0.05, 0) is 86.3 Å². The molecule has 1 aliphatic carbocycles. The lowest BCUT2D eigenvalue weighted by atomic mass is 9.85. The number of alkyl halides is 1. The number of halogens is 3. The lowest BCUT2D eigenvalue weighted by Gasteiger charge is -2.23. The minimum atomic E-state index is -0.501. The Morgan fingerprint density at radius 1 is 1.09 bits per heavy atom. The molecule has 3 rings (SSSR count). The molecule has 4 unspecified atom stereocenters. The molecule has 1 fully saturated rings. The van der Waals surface area contributed by atoms with Crippen LogP contribution in [-0.4, -0.2) is 35.1 Å². The first-order chi connectivity index (χ1) is 15.7. The topological polar surface area (TPSA) is 89.6 Å². The number of aliphatic hydroxyl groups excluding tert-OH is 1. The van der Waals surface area contributed by atoms with Crippen molar-refractivity contribution in [3.05, 3.63) is 55.7 Å². The molecule has 0 spiro atoms. The van der Waals surface area contributed by atoms with E-state index in [0.717, 1.165) is 42.5 Å². The Kier molecular flexibility index (Phi) is 9.89. The fraction of sp³-hybridized carbons (Fsp3) is 0.500. The van der Waals surface area contributed by atoms with Crippen molar-refractivity contribution < 1.29 is 19.4 Å². The van der Waals surface area contributed by atoms with Crippen molar-refractivity contribution in [2.75, 3.05) is 6.61 Å². The molecule has 33 heavy (non-hydrogen) atoms. The highest BCUT2D eigenvalue weighted by atomic mass is 35.5. The lowest BCUT2D eigenvalue weighted by Crippen LogP contribution is -2.21. The van der Waals surface area contributed by atoms with Gasteiger partial charge in [0, 0.05) is 20.3 Å². The number of thiophene rings is 1. The lowest BCUT2D eigenvalue weighted by molar-refractivity contribution is -0.118. The molecule has 1 aromatic heterocycles. The number of primary amides is 1. The van der Waals surface area contributed by atoms with Crippen LogP contribution in [0.1, 0.15) is 52.2 Å². The number of aryl methyl sites for hydroxylation is 2. The fourth-order valence-corrected chi connectivity index (χ4v) is 6.48. The van der Waals surface area contributed by atoms with Crippen LogP contribution in [-0.2, 0) is 22.4 Å². The first-order valence-electron chi connectivity index (χ1n) is 11.0. The number of nitrogens with two attached hydrogens (primary N) is 1. The minimum absolute atomic E-state index is 0.00863. The molecule has 1 aromatic carbocycles. The van der Waals surface area contributed by atoms with Gasteiger partial charge in [-0.3, -0.25) is 4.79 Å². The summed E-state index contributed by atoms with van der Waals surface area (Å²) in [5.74, 6) is -0.578. The Morgan fingerprint density at radius 2 is 1.82 bits per heavy atom. The van der Waals surface area contributed by atoms with E-state index in [1.54, 1.807) is 12.1 Å². The van der Waals surface area contributed by atoms with Crippen molar-refractivity contribution in [1.82, 2.24) is 0 Å². The molecule has 0 saturated heterocycles. The molecule has 1 aliphatic rings. The second-order valence-electron chi connectivity index (χ2n) is 8.47. The second-order valence-corrected chi connectivity index (χ2v) is 11.1. The molecule has 0 aliphatic heterocycles. The van der Waals surface area contributed by atoms with E-state index in [0.29, 0.717) is 21.3 Å². The van der Waals surface area contributed by atoms with Gasteiger partial charge in [0.2, 0.25) is 5.91 Å². The van der Waals surface area contributed by atoms with E-state index >= 15 is 0 Å². The highest BCUT2D eigenvalue weighted by Crippen LogP contribution is 2.42. The minimum Gasteiger partial charge on any atom is -0.461 e. The Hall–Kier alpha value is -1.31. The first kappa shape index (κ1) is 26.3. The van der Waals surface area contributed by atoms with Gasteiger partial charge in [-0.1, -0.05) is 23.2 Å². The van der Waals surface area contributed by atoms with Gasteiger partial charge >= 0.3 is 5.97 Å². The monoisotopic (exact) mass is 531 g/mol. The molecule has 180 valence electrons. The molecular formula is C24H28Cl3NO4S. The zero-order valence-electron chi connectivity index (χ0n) is 18.1. The molecule has 3 N–H and O–H groups in total. The number of benzene rings is 1. The number of amides is 1. The number of ether oxygens (including phenoxy) is 1. The Labute approximate surface area is 213 Å². The molecule has 4 atom stereocenters. The standard InChI is InChI=1S/C24H28Cl3NO4S/c25-15-10-14(11-16(26)12-15)4-6-19-18(20(27)13-21(19)29)3-1-2-17-5-7-22(33-17)24(31)32-9-8-23(28)30/h5,7,10-12,18-21,29H,1-4,6,8-9,13H2,(H2,28,30). The molecule has 2 aromatic rings. The summed E-state index contributed by atoms with van der Waals surface area (Å²) in [6.45, 7) is -0.00863. The summed E-state index contributed by atoms with van der Waals surface area (Å²) in [6.07, 6.45) is 4.47. The van der Waals surface area contributed by atoms with E-state index in [1.165, 1.54) is 11.3 Å². The summed E-state index contributed by atoms with van der Waals surface area (Å²) in [6, 6.07) is 9.21. The number of carbonyl (C=O) groups excluding carboxylic acids is 2. The van der Waals surface area contributed by atoms with E-state index in [-0.39, 0.29) is 30.2 Å². The van der Waals surface area contributed by atoms with Crippen LogP contribution < -0.4 is 5.73 Å². The predicted octanol–water partition coefficient (Wildman–Crippen LogP) is 5.65. The fourth-order valence-electron chi connectivity index (χ4n) is 4.47. The van der Waals surface area contributed by atoms with Crippen LogP contribution in [0.3, 0.4) is 0 Å². The normalized spacial score (nSPS) is 22.4. The van der Waals surface area contributed by atoms with Crippen molar-refractivity contribution >= 4 is 58.0 Å². The van der Waals surface area contributed by atoms with Gasteiger partial charge in [-0.25, -0.2) is 4.79 Å². The summed E-state index contributed by atoms with van der Waals surface area (Å²) >= 11 is 20.2. The van der Waals surface area contributed by atoms with Crippen LogP contribution in [0.2, 0.25) is 10.0 Å². The highest BCUT2D eigenvalue weighted by molar-refractivity contribution is 7.13. The second kappa shape index (κ2) is 12.4. The third-order valence-corrected chi connectivity index (χ3v) is 8.13. The van der Waals surface area contributed by atoms with Gasteiger partial charge in [0.05, 0.1) is 12.5 Å². The van der Waals surface area contributed by atoms with Gasteiger partial charge in [0.25, 0.3) is 0 Å². The summed E-state index contributed by atoms with van der Waals surface area (Å²) in [7, 11) is 0. The molecular weight excluding hydrogens is 505 g/mol. The quantitative estimate of drug-likeness (QED) is 0.289. The third kappa shape index (κ3) is 7.86. The van der Waals surface area contributed by atoms with E-state index in [2.05, 4.69) is 0 Å². The summed E-state index contributed by atoms with van der Waals surface area (Å²) < 4.78 is 5.06. The maximum atomic E-state index is 12.0. The number of esters is 1. The molecule has 5 nitrogen and oxygen atoms in total. The maximum Gasteiger partial charge on any atom is 0.348 e. The number of aliphatic hydroxyl groups is 1. The molecule has 1 amide bonds. The number of hydrogen-bond acceptors (Lipinski definition) is 5. The predicted molar refractivity (Wildman–Crippen MR) is 133 cm³/mol. The van der Waals surface area contributed by atoms with Crippen LogP contribution in [0.15, 0.2) is 30.3 Å². The smallest absolute Gasteiger partial charge is 0.348 e. The van der Waals surface area contributed by atoms with E-state index in [4.69, 9.17) is 45.3 Å². The van der Waals surface area contributed by atoms with Crippen LogP contribution in [0, 0.1) is 11.8 Å². The molecule has 1 heterocycles. The van der Waals surface area contributed by atoms with Gasteiger partial charge in [-0.2, -0.15) is 0 Å². The van der Waals surface area contributed by atoms with Crippen LogP contribution in [0.5, 0.6) is 0 Å². The zero-order chi connectivity index (χ0) is 24.0. The summed E-state index contributed by atoms with van der Waals surface area (Å²) in [5.41, 5.74) is 6.11. The Bertz CT molecular complexity index is 947. The van der Waals surface area contributed by atoms with Crippen molar-refractivity contribution in [2.45, 2.75) is 56.4 Å². The average molecular weight is 533 g/mol. The van der Waals surface area contributed by atoms with Crippen LogP contribution in [0.25, 0.3) is 0 Å². The molecule has 0 bridgehead atoms. The average Bonchev–Trinajstić information content (AvgIpc) is 3.30. The van der Waals surface area contributed by atoms with Crippen LogP contribution >= 0.6 is 46.1 Å². The Balaban J connectivity index is 1.49. The number of carbonyl (C=O) groups is 2. The van der Waals surface area contributed by atoms with Gasteiger partial charge < -0.3 is 15.6 Å². The van der Waals surface area contributed by atoms with E-state index in [1.807, 2.05) is 18.2 Å². The van der Waals surface area contributed by atoms with Crippen molar-refractivity contribution in [1.29, 1.82) is 0 Å². The first-order valence-corrected chi connectivity index (χ1v) is 13.0. The van der Waals surface area contributed by atoms with E-state index < -0.39 is 18.0 Å². The number of hydrogen-bond donors (Lipinski definition) is 2. The highest BCUT2D eigenvalue weighted by Gasteiger charge is 2.40. The Morgan fingerprint density at radius 3 is 2.52 bits per heavy atom. The maximum absolute atomic E-state index is 12.0. The summed E-state index contributed by atoms with van der Waals surface area (Å²) in [5, 5.41) is 11.8. The van der Waals surface area contributed by atoms with Gasteiger partial charge in [0.15, 0.2) is 0 Å². The summed E-state index contributed by atoms with van der Waals surface area (Å²) in [4.78, 5) is 24.4. The van der Waals surface area contributed by atoms with Crippen LogP contribution in [0.4, 0.5) is 0 Å². The SMILES string of the molecule is NC(=O)CCOC(=O)c1ccc(CCCC2C(Cl)CC(O)C2CCc2cc(Cl)cc(Cl)c2)s1. The largest absolute Gasteiger partial charge is 0.461 e. The van der Waals surface area contributed by atoms with Crippen molar-refractivity contribution in [3.8, 4) is 0 Å². The van der Waals surface area contributed by atoms with Crippen molar-refractivity contribution in [3.63, 3.8) is 0 Å². The van der Waals surface area contributed by atoms with E-state index in [9.17, 15) is 14.7 Å². The van der Waals surface area contributed by atoms with Gasteiger partial charge in [0.1, 0.15) is 11.5 Å². The molecule has 1 saturated carbocycles. The van der Waals surface area contributed by atoms with Gasteiger partial charge in [-0.15, -0.1) is 22.9 Å². The van der Waals surface area contributed by atoms with Crippen molar-refractivity contribution in [2.24, 2.45) is 17.6 Å². The molecule has 9 heteroatoms. The number of rotatable bonds is 11. The zero-order valence-corrected chi connectivity index (χ0v) is 21.2.